The molecule has 2 aliphatic rings. The van der Waals surface area contributed by atoms with E-state index >= 15 is 0 Å². The summed E-state index contributed by atoms with van der Waals surface area (Å²) in [6, 6.07) is 0. The zero-order valence-electron chi connectivity index (χ0n) is 10.8. The first kappa shape index (κ1) is 14.9. The summed E-state index contributed by atoms with van der Waals surface area (Å²) in [5, 5.41) is 8.89. The van der Waals surface area contributed by atoms with E-state index in [1.54, 1.807) is 0 Å². The van der Waals surface area contributed by atoms with Crippen LogP contribution in [-0.4, -0.2) is 41.1 Å². The highest BCUT2D eigenvalue weighted by Gasteiger charge is 2.39. The van der Waals surface area contributed by atoms with Crippen LogP contribution in [0.2, 0.25) is 0 Å². The molecule has 0 saturated heterocycles. The summed E-state index contributed by atoms with van der Waals surface area (Å²) < 4.78 is 37.4. The monoisotopic (exact) mass is 291 g/mol. The van der Waals surface area contributed by atoms with E-state index < -0.39 is 23.6 Å². The van der Waals surface area contributed by atoms with Crippen LogP contribution in [0.1, 0.15) is 25.7 Å². The van der Waals surface area contributed by atoms with Crippen LogP contribution in [0.15, 0.2) is 11.6 Å². The minimum absolute atomic E-state index is 0.0398. The summed E-state index contributed by atoms with van der Waals surface area (Å²) in [4.78, 5) is 24.4. The van der Waals surface area contributed by atoms with Gasteiger partial charge in [-0.3, -0.25) is 9.59 Å². The normalized spacial score (nSPS) is 27.4. The molecular formula is C13H16F3NO3. The molecule has 0 bridgehead atoms. The van der Waals surface area contributed by atoms with Crippen LogP contribution >= 0.6 is 0 Å². The van der Waals surface area contributed by atoms with Gasteiger partial charge in [-0.15, -0.1) is 0 Å². The van der Waals surface area contributed by atoms with Crippen molar-refractivity contribution in [1.82, 2.24) is 4.90 Å². The van der Waals surface area contributed by atoms with E-state index in [0.717, 1.165) is 6.08 Å². The number of hydrogen-bond donors (Lipinski definition) is 1. The van der Waals surface area contributed by atoms with Crippen LogP contribution in [0.3, 0.4) is 0 Å². The summed E-state index contributed by atoms with van der Waals surface area (Å²) in [5.74, 6) is -1.99. The van der Waals surface area contributed by atoms with Crippen molar-refractivity contribution in [3.05, 3.63) is 11.6 Å². The summed E-state index contributed by atoms with van der Waals surface area (Å²) in [5.41, 5.74) is -0.587. The lowest BCUT2D eigenvalue weighted by Gasteiger charge is -2.29. The fourth-order valence-corrected chi connectivity index (χ4v) is 2.82. The third-order valence-electron chi connectivity index (χ3n) is 4.02. The maximum absolute atomic E-state index is 12.5. The molecule has 2 atom stereocenters. The number of carboxylic acid groups (broad SMARTS) is 1. The van der Waals surface area contributed by atoms with E-state index in [1.165, 1.54) is 4.90 Å². The van der Waals surface area contributed by atoms with Gasteiger partial charge in [0.05, 0.1) is 5.92 Å². The Balaban J connectivity index is 1.93. The smallest absolute Gasteiger partial charge is 0.412 e. The lowest BCUT2D eigenvalue weighted by Crippen LogP contribution is -2.39. The number of carbonyl (C=O) groups excluding carboxylic acids is 1. The van der Waals surface area contributed by atoms with Gasteiger partial charge in [0.2, 0.25) is 5.91 Å². The van der Waals surface area contributed by atoms with Crippen molar-refractivity contribution in [2.24, 2.45) is 11.8 Å². The molecule has 20 heavy (non-hydrogen) atoms. The van der Waals surface area contributed by atoms with E-state index in [0.29, 0.717) is 19.3 Å². The van der Waals surface area contributed by atoms with E-state index in [-0.39, 0.29) is 31.3 Å². The van der Waals surface area contributed by atoms with Crippen LogP contribution in [0, 0.1) is 11.8 Å². The Labute approximate surface area is 114 Å². The van der Waals surface area contributed by atoms with Crippen LogP contribution in [-0.2, 0) is 9.59 Å². The van der Waals surface area contributed by atoms with Crippen molar-refractivity contribution in [1.29, 1.82) is 0 Å². The highest BCUT2D eigenvalue weighted by Crippen LogP contribution is 2.34. The molecule has 0 aromatic rings. The maximum atomic E-state index is 12.5. The Morgan fingerprint density at radius 3 is 2.35 bits per heavy atom. The zero-order valence-corrected chi connectivity index (χ0v) is 10.8. The molecule has 1 amide bonds. The molecule has 2 rings (SSSR count). The third-order valence-corrected chi connectivity index (χ3v) is 4.02. The van der Waals surface area contributed by atoms with E-state index in [4.69, 9.17) is 5.11 Å². The number of carboxylic acids is 1. The van der Waals surface area contributed by atoms with E-state index in [9.17, 15) is 22.8 Å². The molecule has 0 unspecified atom stereocenters. The number of hydrogen-bond acceptors (Lipinski definition) is 2. The van der Waals surface area contributed by atoms with Crippen LogP contribution in [0.4, 0.5) is 13.2 Å². The molecule has 0 aromatic carbocycles. The van der Waals surface area contributed by atoms with Gasteiger partial charge in [0, 0.05) is 24.6 Å². The average molecular weight is 291 g/mol. The van der Waals surface area contributed by atoms with Gasteiger partial charge < -0.3 is 10.0 Å². The molecule has 1 fully saturated rings. The number of rotatable bonds is 2. The minimum Gasteiger partial charge on any atom is -0.481 e. The number of alkyl halides is 3. The summed E-state index contributed by atoms with van der Waals surface area (Å²) >= 11 is 0. The molecule has 4 nitrogen and oxygen atoms in total. The van der Waals surface area contributed by atoms with Crippen LogP contribution < -0.4 is 0 Å². The maximum Gasteiger partial charge on any atom is 0.412 e. The Morgan fingerprint density at radius 2 is 1.90 bits per heavy atom. The second kappa shape index (κ2) is 5.46. The minimum atomic E-state index is -4.32. The Hall–Kier alpha value is -1.53. The number of amides is 1. The molecule has 1 heterocycles. The van der Waals surface area contributed by atoms with Crippen molar-refractivity contribution in [3.8, 4) is 0 Å². The Morgan fingerprint density at radius 1 is 1.25 bits per heavy atom. The first-order valence-corrected chi connectivity index (χ1v) is 6.57. The van der Waals surface area contributed by atoms with Crippen molar-refractivity contribution >= 4 is 11.9 Å². The van der Waals surface area contributed by atoms with E-state index in [2.05, 4.69) is 0 Å². The molecule has 0 aromatic heterocycles. The summed E-state index contributed by atoms with van der Waals surface area (Å²) in [7, 11) is 0. The zero-order chi connectivity index (χ0) is 14.9. The molecule has 112 valence electrons. The molecule has 1 aliphatic heterocycles. The third kappa shape index (κ3) is 3.13. The van der Waals surface area contributed by atoms with Crippen molar-refractivity contribution < 1.29 is 27.9 Å². The Kier molecular flexibility index (Phi) is 4.06. The largest absolute Gasteiger partial charge is 0.481 e. The van der Waals surface area contributed by atoms with Gasteiger partial charge in [0.25, 0.3) is 0 Å². The van der Waals surface area contributed by atoms with Gasteiger partial charge in [-0.2, -0.15) is 13.2 Å². The second-order valence-electron chi connectivity index (χ2n) is 5.31. The lowest BCUT2D eigenvalue weighted by molar-refractivity contribution is -0.142. The van der Waals surface area contributed by atoms with Gasteiger partial charge in [-0.1, -0.05) is 6.08 Å². The van der Waals surface area contributed by atoms with E-state index in [1.807, 2.05) is 0 Å². The fourth-order valence-electron chi connectivity index (χ4n) is 2.82. The highest BCUT2D eigenvalue weighted by molar-refractivity contribution is 5.81. The highest BCUT2D eigenvalue weighted by atomic mass is 19.4. The molecule has 0 spiro atoms. The van der Waals surface area contributed by atoms with Gasteiger partial charge in [0.1, 0.15) is 0 Å². The average Bonchev–Trinajstić information content (AvgIpc) is 2.86. The molecule has 1 N–H and O–H groups in total. The topological polar surface area (TPSA) is 57.6 Å². The Bertz CT molecular complexity index is 445. The molecule has 7 heteroatoms. The lowest BCUT2D eigenvalue weighted by atomic mass is 10.0. The molecule has 1 aliphatic carbocycles. The van der Waals surface area contributed by atoms with Gasteiger partial charge in [0.15, 0.2) is 0 Å². The number of halogens is 3. The fraction of sp³-hybridized carbons (Fsp3) is 0.692. The first-order valence-electron chi connectivity index (χ1n) is 6.57. The SMILES string of the molecule is O=C(O)[C@H]1CC[C@@H](C(=O)N2CC=C(C(F)(F)F)CC2)C1. The molecular weight excluding hydrogens is 275 g/mol. The summed E-state index contributed by atoms with van der Waals surface area (Å²) in [6.07, 6.45) is -2.21. The van der Waals surface area contributed by atoms with Crippen LogP contribution in [0.25, 0.3) is 0 Å². The predicted molar refractivity (Wildman–Crippen MR) is 63.8 cm³/mol. The predicted octanol–water partition coefficient (Wildman–Crippen LogP) is 2.21. The van der Waals surface area contributed by atoms with Crippen molar-refractivity contribution in [2.75, 3.05) is 13.1 Å². The second-order valence-corrected chi connectivity index (χ2v) is 5.31. The summed E-state index contributed by atoms with van der Waals surface area (Å²) in [6.45, 7) is 0.0142. The standard InChI is InChI=1S/C13H16F3NO3/c14-13(15,16)10-3-5-17(6-4-10)11(18)8-1-2-9(7-8)12(19)20/h3,8-9H,1-2,4-7H2,(H,19,20)/t8-,9+/m1/s1. The van der Waals surface area contributed by atoms with Crippen molar-refractivity contribution in [2.45, 2.75) is 31.9 Å². The number of nitrogens with zero attached hydrogens (tertiary/aromatic N) is 1. The first-order chi connectivity index (χ1) is 9.29. The quantitative estimate of drug-likeness (QED) is 0.794. The van der Waals surface area contributed by atoms with Gasteiger partial charge >= 0.3 is 12.1 Å². The van der Waals surface area contributed by atoms with Crippen molar-refractivity contribution in [3.63, 3.8) is 0 Å². The van der Waals surface area contributed by atoms with Gasteiger partial charge in [-0.05, 0) is 25.7 Å². The number of carbonyl (C=O) groups is 2. The molecule has 1 saturated carbocycles. The van der Waals surface area contributed by atoms with Crippen LogP contribution in [0.5, 0.6) is 0 Å². The molecule has 0 radical (unpaired) electrons. The number of aliphatic carboxylic acids is 1. The van der Waals surface area contributed by atoms with Gasteiger partial charge in [-0.25, -0.2) is 0 Å².